The Hall–Kier alpha value is -4.10. The summed E-state index contributed by atoms with van der Waals surface area (Å²) >= 11 is 0. The molecule has 7 nitrogen and oxygen atoms in total. The summed E-state index contributed by atoms with van der Waals surface area (Å²) < 4.78 is 11.9. The van der Waals surface area contributed by atoms with Crippen molar-refractivity contribution in [2.45, 2.75) is 46.1 Å². The average Bonchev–Trinajstić information content (AvgIpc) is 3.25. The molecule has 41 heavy (non-hydrogen) atoms. The van der Waals surface area contributed by atoms with Crippen molar-refractivity contribution in [2.75, 3.05) is 32.8 Å². The average molecular weight is 557 g/mol. The highest BCUT2D eigenvalue weighted by Crippen LogP contribution is 2.41. The molecule has 0 bridgehead atoms. The number of aliphatic hydroxyl groups is 1. The van der Waals surface area contributed by atoms with Crippen molar-refractivity contribution in [3.8, 4) is 17.2 Å². The van der Waals surface area contributed by atoms with Crippen molar-refractivity contribution in [3.63, 3.8) is 0 Å². The first-order chi connectivity index (χ1) is 20.0. The predicted octanol–water partition coefficient (Wildman–Crippen LogP) is 6.81. The Morgan fingerprint density at radius 1 is 0.854 bits per heavy atom. The number of hydrogen-bond donors (Lipinski definition) is 1. The molecule has 0 aromatic heterocycles. The van der Waals surface area contributed by atoms with Crippen molar-refractivity contribution >= 4 is 17.4 Å². The van der Waals surface area contributed by atoms with Crippen LogP contribution < -0.4 is 9.47 Å². The molecule has 0 radical (unpaired) electrons. The van der Waals surface area contributed by atoms with E-state index in [9.17, 15) is 14.7 Å². The molecule has 4 rings (SSSR count). The lowest BCUT2D eigenvalue weighted by Crippen LogP contribution is -2.33. The third-order valence-electron chi connectivity index (χ3n) is 7.33. The van der Waals surface area contributed by atoms with Crippen LogP contribution in [0.25, 0.3) is 5.76 Å². The highest BCUT2D eigenvalue weighted by atomic mass is 16.5. The minimum Gasteiger partial charge on any atom is -0.507 e. The zero-order valence-corrected chi connectivity index (χ0v) is 24.2. The molecule has 1 heterocycles. The maximum absolute atomic E-state index is 13.5. The van der Waals surface area contributed by atoms with Gasteiger partial charge in [0.2, 0.25) is 0 Å². The lowest BCUT2D eigenvalue weighted by molar-refractivity contribution is -0.140. The number of amides is 1. The van der Waals surface area contributed by atoms with Gasteiger partial charge in [-0.2, -0.15) is 0 Å². The number of para-hydroxylation sites is 1. The molecule has 1 saturated heterocycles. The van der Waals surface area contributed by atoms with E-state index in [0.29, 0.717) is 47.9 Å². The topological polar surface area (TPSA) is 79.3 Å². The molecule has 0 saturated carbocycles. The standard InChI is InChI=1S/C34H40N2O5/c1-4-7-22-40-28-18-12-15-26(24-28)32(37)30-31(36(34(39)33(30)38)21-13-20-35(5-2)6-3)25-14-11-19-29(23-25)41-27-16-9-8-10-17-27/h8-12,14-19,23-24,31,37H,4-7,13,20-22H2,1-3H3. The summed E-state index contributed by atoms with van der Waals surface area (Å²) in [5, 5.41) is 11.5. The molecule has 1 fully saturated rings. The first-order valence-corrected chi connectivity index (χ1v) is 14.5. The quantitative estimate of drug-likeness (QED) is 0.102. The lowest BCUT2D eigenvalue weighted by Gasteiger charge is -2.27. The van der Waals surface area contributed by atoms with E-state index >= 15 is 0 Å². The van der Waals surface area contributed by atoms with E-state index in [1.165, 1.54) is 0 Å². The van der Waals surface area contributed by atoms with Gasteiger partial charge in [0.1, 0.15) is 23.0 Å². The summed E-state index contributed by atoms with van der Waals surface area (Å²) in [6.07, 6.45) is 2.62. The molecule has 3 aromatic carbocycles. The molecular weight excluding hydrogens is 516 g/mol. The number of ketones is 1. The van der Waals surface area contributed by atoms with Crippen LogP contribution in [0.4, 0.5) is 0 Å². The number of benzene rings is 3. The third kappa shape index (κ3) is 7.35. The number of carbonyl (C=O) groups is 2. The predicted molar refractivity (Wildman–Crippen MR) is 161 cm³/mol. The van der Waals surface area contributed by atoms with Gasteiger partial charge in [-0.15, -0.1) is 0 Å². The Bertz CT molecular complexity index is 1350. The maximum Gasteiger partial charge on any atom is 0.295 e. The monoisotopic (exact) mass is 556 g/mol. The van der Waals surface area contributed by atoms with Crippen molar-refractivity contribution in [1.82, 2.24) is 9.80 Å². The fourth-order valence-corrected chi connectivity index (χ4v) is 5.06. The fraction of sp³-hybridized carbons (Fsp3) is 0.353. The van der Waals surface area contributed by atoms with E-state index in [4.69, 9.17) is 9.47 Å². The number of nitrogens with zero attached hydrogens (tertiary/aromatic N) is 2. The molecule has 216 valence electrons. The second-order valence-corrected chi connectivity index (χ2v) is 10.1. The van der Waals surface area contributed by atoms with Gasteiger partial charge in [0.15, 0.2) is 0 Å². The van der Waals surface area contributed by atoms with Gasteiger partial charge in [-0.1, -0.05) is 69.7 Å². The van der Waals surface area contributed by atoms with Crippen LogP contribution in [0.15, 0.2) is 84.4 Å². The van der Waals surface area contributed by atoms with Crippen molar-refractivity contribution in [1.29, 1.82) is 0 Å². The summed E-state index contributed by atoms with van der Waals surface area (Å²) in [6.45, 7) is 9.87. The smallest absolute Gasteiger partial charge is 0.295 e. The van der Waals surface area contributed by atoms with Crippen LogP contribution in [-0.4, -0.2) is 59.4 Å². The van der Waals surface area contributed by atoms with Crippen molar-refractivity contribution in [2.24, 2.45) is 0 Å². The summed E-state index contributed by atoms with van der Waals surface area (Å²) in [5.74, 6) is 0.343. The lowest BCUT2D eigenvalue weighted by atomic mass is 9.95. The Balaban J connectivity index is 1.72. The molecule has 1 unspecified atom stereocenters. The Morgan fingerprint density at radius 2 is 1.56 bits per heavy atom. The van der Waals surface area contributed by atoms with Crippen LogP contribution in [0.2, 0.25) is 0 Å². The Morgan fingerprint density at radius 3 is 2.29 bits per heavy atom. The van der Waals surface area contributed by atoms with Gasteiger partial charge in [-0.3, -0.25) is 9.59 Å². The third-order valence-corrected chi connectivity index (χ3v) is 7.33. The molecule has 1 aliphatic rings. The number of unbranched alkanes of at least 4 members (excludes halogenated alkanes) is 1. The van der Waals surface area contributed by atoms with Crippen molar-refractivity contribution in [3.05, 3.63) is 95.6 Å². The number of Topliss-reactive ketones (excluding diaryl/α,β-unsaturated/α-hetero) is 1. The van der Waals surface area contributed by atoms with E-state index in [0.717, 1.165) is 32.5 Å². The number of likely N-dealkylation sites (tertiary alicyclic amines) is 1. The highest BCUT2D eigenvalue weighted by molar-refractivity contribution is 6.46. The molecule has 1 aliphatic heterocycles. The minimum atomic E-state index is -0.754. The Labute approximate surface area is 243 Å². The number of rotatable bonds is 14. The van der Waals surface area contributed by atoms with E-state index in [1.54, 1.807) is 23.1 Å². The summed E-state index contributed by atoms with van der Waals surface area (Å²) in [5.41, 5.74) is 1.19. The maximum atomic E-state index is 13.5. The van der Waals surface area contributed by atoms with E-state index in [1.807, 2.05) is 60.7 Å². The fourth-order valence-electron chi connectivity index (χ4n) is 5.06. The van der Waals surface area contributed by atoms with Gasteiger partial charge in [0.25, 0.3) is 11.7 Å². The van der Waals surface area contributed by atoms with Crippen molar-refractivity contribution < 1.29 is 24.2 Å². The second-order valence-electron chi connectivity index (χ2n) is 10.1. The molecule has 3 aromatic rings. The second kappa shape index (κ2) is 14.5. The van der Waals surface area contributed by atoms with Gasteiger partial charge in [0.05, 0.1) is 18.2 Å². The van der Waals surface area contributed by atoms with E-state index in [-0.39, 0.29) is 11.3 Å². The van der Waals surface area contributed by atoms with Crippen LogP contribution in [0.5, 0.6) is 17.2 Å². The van der Waals surface area contributed by atoms with Crippen LogP contribution >= 0.6 is 0 Å². The summed E-state index contributed by atoms with van der Waals surface area (Å²) in [7, 11) is 0. The largest absolute Gasteiger partial charge is 0.507 e. The van der Waals surface area contributed by atoms with E-state index < -0.39 is 17.7 Å². The van der Waals surface area contributed by atoms with Crippen LogP contribution in [0.1, 0.15) is 57.2 Å². The number of aliphatic hydroxyl groups excluding tert-OH is 1. The summed E-state index contributed by atoms with van der Waals surface area (Å²) in [6, 6.07) is 23.1. The number of hydrogen-bond acceptors (Lipinski definition) is 6. The zero-order chi connectivity index (χ0) is 29.2. The zero-order valence-electron chi connectivity index (χ0n) is 24.2. The number of ether oxygens (including phenoxy) is 2. The minimum absolute atomic E-state index is 0.0698. The normalized spacial score (nSPS) is 16.4. The summed E-state index contributed by atoms with van der Waals surface area (Å²) in [4.78, 5) is 30.8. The highest BCUT2D eigenvalue weighted by Gasteiger charge is 2.46. The molecule has 7 heteroatoms. The molecular formula is C34H40N2O5. The first kappa shape index (κ1) is 29.9. The molecule has 1 amide bonds. The number of carbonyl (C=O) groups excluding carboxylic acids is 2. The van der Waals surface area contributed by atoms with Crippen LogP contribution in [-0.2, 0) is 9.59 Å². The molecule has 0 spiro atoms. The van der Waals surface area contributed by atoms with Gasteiger partial charge < -0.3 is 24.4 Å². The SMILES string of the molecule is CCCCOc1cccc(C(O)=C2C(=O)C(=O)N(CCCN(CC)CC)C2c2cccc(Oc3ccccc3)c2)c1. The van der Waals surface area contributed by atoms with Gasteiger partial charge in [0, 0.05) is 12.1 Å². The van der Waals surface area contributed by atoms with Gasteiger partial charge in [-0.25, -0.2) is 0 Å². The Kier molecular flexibility index (Phi) is 10.6. The van der Waals surface area contributed by atoms with Gasteiger partial charge in [-0.05, 0) is 74.4 Å². The van der Waals surface area contributed by atoms with Crippen LogP contribution in [0.3, 0.4) is 0 Å². The van der Waals surface area contributed by atoms with Crippen LogP contribution in [0, 0.1) is 0 Å². The first-order valence-electron chi connectivity index (χ1n) is 14.5. The molecule has 1 atom stereocenters. The van der Waals surface area contributed by atoms with E-state index in [2.05, 4.69) is 25.7 Å². The van der Waals surface area contributed by atoms with Gasteiger partial charge >= 0.3 is 0 Å². The molecule has 0 aliphatic carbocycles. The molecule has 1 N–H and O–H groups in total.